The van der Waals surface area contributed by atoms with Crippen LogP contribution in [-0.4, -0.2) is 49.5 Å². The highest BCUT2D eigenvalue weighted by Crippen LogP contribution is 2.32. The Hall–Kier alpha value is -1.30. The van der Waals surface area contributed by atoms with E-state index in [4.69, 9.17) is 15.2 Å². The molecule has 0 amide bonds. The molecular weight excluding hydrogens is 244 g/mol. The van der Waals surface area contributed by atoms with Gasteiger partial charge in [0.2, 0.25) is 0 Å². The first kappa shape index (κ1) is 14.1. The summed E-state index contributed by atoms with van der Waals surface area (Å²) in [5.74, 6) is 1.05. The Labute approximate surface area is 113 Å². The molecule has 1 aromatic carbocycles. The van der Waals surface area contributed by atoms with E-state index in [1.54, 1.807) is 19.2 Å². The Morgan fingerprint density at radius 3 is 3.05 bits per heavy atom. The molecule has 0 spiro atoms. The van der Waals surface area contributed by atoms with Gasteiger partial charge in [0.1, 0.15) is 11.5 Å². The van der Waals surface area contributed by atoms with E-state index in [1.807, 2.05) is 6.07 Å². The van der Waals surface area contributed by atoms with Gasteiger partial charge in [-0.3, -0.25) is 4.90 Å². The van der Waals surface area contributed by atoms with Crippen molar-refractivity contribution in [2.75, 3.05) is 33.4 Å². The molecule has 0 radical (unpaired) electrons. The van der Waals surface area contributed by atoms with Gasteiger partial charge in [-0.05, 0) is 25.1 Å². The van der Waals surface area contributed by atoms with E-state index >= 15 is 0 Å². The van der Waals surface area contributed by atoms with E-state index in [0.717, 1.165) is 24.4 Å². The van der Waals surface area contributed by atoms with E-state index in [2.05, 4.69) is 11.8 Å². The number of phenols is 1. The third-order valence-electron chi connectivity index (χ3n) is 3.67. The number of morpholine rings is 1. The minimum atomic E-state index is 0.0731. The van der Waals surface area contributed by atoms with E-state index in [0.29, 0.717) is 18.9 Å². The number of phenolic OH excluding ortho intramolecular Hbond substituents is 1. The van der Waals surface area contributed by atoms with E-state index in [9.17, 15) is 5.11 Å². The molecular formula is C14H22N2O3. The van der Waals surface area contributed by atoms with Crippen molar-refractivity contribution in [3.63, 3.8) is 0 Å². The topological polar surface area (TPSA) is 68.0 Å². The first-order valence-electron chi connectivity index (χ1n) is 6.58. The standard InChI is InChI=1S/C14H22N2O3/c1-10(16-5-6-19-12(8-15)9-16)13-7-11(18-2)3-4-14(13)17/h3-4,7,10,12,17H,5-6,8-9,15H2,1-2H3. The zero-order chi connectivity index (χ0) is 13.8. The summed E-state index contributed by atoms with van der Waals surface area (Å²) in [6.07, 6.45) is 0.0731. The molecule has 2 atom stereocenters. The van der Waals surface area contributed by atoms with Crippen molar-refractivity contribution >= 4 is 0 Å². The fourth-order valence-corrected chi connectivity index (χ4v) is 2.43. The molecule has 0 aromatic heterocycles. The molecule has 19 heavy (non-hydrogen) atoms. The van der Waals surface area contributed by atoms with Gasteiger partial charge in [-0.15, -0.1) is 0 Å². The quantitative estimate of drug-likeness (QED) is 0.855. The van der Waals surface area contributed by atoms with Gasteiger partial charge in [-0.2, -0.15) is 0 Å². The number of benzene rings is 1. The zero-order valence-electron chi connectivity index (χ0n) is 11.5. The molecule has 5 nitrogen and oxygen atoms in total. The Bertz CT molecular complexity index is 425. The molecule has 1 aliphatic heterocycles. The van der Waals surface area contributed by atoms with Crippen LogP contribution >= 0.6 is 0 Å². The average molecular weight is 266 g/mol. The molecule has 2 rings (SSSR count). The van der Waals surface area contributed by atoms with Gasteiger partial charge in [0, 0.05) is 31.2 Å². The van der Waals surface area contributed by atoms with E-state index < -0.39 is 0 Å². The lowest BCUT2D eigenvalue weighted by Gasteiger charge is -2.36. The predicted octanol–water partition coefficient (Wildman–Crippen LogP) is 1.12. The summed E-state index contributed by atoms with van der Waals surface area (Å²) >= 11 is 0. The lowest BCUT2D eigenvalue weighted by molar-refractivity contribution is -0.0367. The maximum atomic E-state index is 10.0. The number of ether oxygens (including phenoxy) is 2. The summed E-state index contributed by atoms with van der Waals surface area (Å²) in [4.78, 5) is 2.27. The summed E-state index contributed by atoms with van der Waals surface area (Å²) in [5, 5.41) is 10.0. The van der Waals surface area contributed by atoms with Crippen LogP contribution in [0.15, 0.2) is 18.2 Å². The van der Waals surface area contributed by atoms with Gasteiger partial charge in [0.25, 0.3) is 0 Å². The Morgan fingerprint density at radius 2 is 2.37 bits per heavy atom. The Morgan fingerprint density at radius 1 is 1.58 bits per heavy atom. The van der Waals surface area contributed by atoms with Crippen LogP contribution in [0.3, 0.4) is 0 Å². The largest absolute Gasteiger partial charge is 0.508 e. The van der Waals surface area contributed by atoms with Crippen LogP contribution in [0.2, 0.25) is 0 Å². The maximum Gasteiger partial charge on any atom is 0.120 e. The second-order valence-corrected chi connectivity index (χ2v) is 4.82. The second-order valence-electron chi connectivity index (χ2n) is 4.82. The van der Waals surface area contributed by atoms with Crippen molar-refractivity contribution in [1.82, 2.24) is 4.90 Å². The minimum absolute atomic E-state index is 0.0731. The lowest BCUT2D eigenvalue weighted by Crippen LogP contribution is -2.46. The third-order valence-corrected chi connectivity index (χ3v) is 3.67. The van der Waals surface area contributed by atoms with Crippen molar-refractivity contribution in [2.24, 2.45) is 5.73 Å². The number of aromatic hydroxyl groups is 1. The van der Waals surface area contributed by atoms with Gasteiger partial charge >= 0.3 is 0 Å². The number of methoxy groups -OCH3 is 1. The molecule has 2 unspecified atom stereocenters. The molecule has 1 aliphatic rings. The van der Waals surface area contributed by atoms with Crippen molar-refractivity contribution in [3.05, 3.63) is 23.8 Å². The number of nitrogens with zero attached hydrogens (tertiary/aromatic N) is 1. The normalized spacial score (nSPS) is 22.2. The van der Waals surface area contributed by atoms with Gasteiger partial charge in [-0.25, -0.2) is 0 Å². The molecule has 1 saturated heterocycles. The van der Waals surface area contributed by atoms with Crippen LogP contribution in [0.1, 0.15) is 18.5 Å². The number of hydrogen-bond donors (Lipinski definition) is 2. The van der Waals surface area contributed by atoms with Gasteiger partial charge in [0.15, 0.2) is 0 Å². The summed E-state index contributed by atoms with van der Waals surface area (Å²) < 4.78 is 10.8. The molecule has 0 saturated carbocycles. The van der Waals surface area contributed by atoms with Crippen LogP contribution in [0, 0.1) is 0 Å². The summed E-state index contributed by atoms with van der Waals surface area (Å²) in [6.45, 7) is 4.90. The highest BCUT2D eigenvalue weighted by atomic mass is 16.5. The monoisotopic (exact) mass is 266 g/mol. The lowest BCUT2D eigenvalue weighted by atomic mass is 10.0. The number of nitrogens with two attached hydrogens (primary N) is 1. The molecule has 0 aliphatic carbocycles. The Kier molecular flexibility index (Phi) is 4.63. The predicted molar refractivity (Wildman–Crippen MR) is 73.4 cm³/mol. The van der Waals surface area contributed by atoms with Gasteiger partial charge in [0.05, 0.1) is 19.8 Å². The minimum Gasteiger partial charge on any atom is -0.508 e. The van der Waals surface area contributed by atoms with Crippen LogP contribution in [0.25, 0.3) is 0 Å². The maximum absolute atomic E-state index is 10.0. The molecule has 1 aromatic rings. The van der Waals surface area contributed by atoms with Gasteiger partial charge < -0.3 is 20.3 Å². The zero-order valence-corrected chi connectivity index (χ0v) is 11.5. The molecule has 1 heterocycles. The van der Waals surface area contributed by atoms with Crippen LogP contribution < -0.4 is 10.5 Å². The third kappa shape index (κ3) is 3.18. The second kappa shape index (κ2) is 6.23. The van der Waals surface area contributed by atoms with Crippen molar-refractivity contribution < 1.29 is 14.6 Å². The first-order valence-corrected chi connectivity index (χ1v) is 6.58. The fourth-order valence-electron chi connectivity index (χ4n) is 2.43. The molecule has 0 bridgehead atoms. The van der Waals surface area contributed by atoms with E-state index in [1.165, 1.54) is 0 Å². The van der Waals surface area contributed by atoms with Crippen molar-refractivity contribution in [3.8, 4) is 11.5 Å². The molecule has 106 valence electrons. The van der Waals surface area contributed by atoms with Crippen LogP contribution in [-0.2, 0) is 4.74 Å². The highest BCUT2D eigenvalue weighted by Gasteiger charge is 2.25. The number of hydrogen-bond acceptors (Lipinski definition) is 5. The molecule has 3 N–H and O–H groups in total. The molecule has 1 fully saturated rings. The molecule has 5 heteroatoms. The highest BCUT2D eigenvalue weighted by molar-refractivity contribution is 5.41. The fraction of sp³-hybridized carbons (Fsp3) is 0.571. The van der Waals surface area contributed by atoms with Crippen LogP contribution in [0.5, 0.6) is 11.5 Å². The van der Waals surface area contributed by atoms with Crippen molar-refractivity contribution in [2.45, 2.75) is 19.1 Å². The Balaban J connectivity index is 2.16. The summed E-state index contributed by atoms with van der Waals surface area (Å²) in [5.41, 5.74) is 6.53. The first-order chi connectivity index (χ1) is 9.15. The summed E-state index contributed by atoms with van der Waals surface area (Å²) in [6, 6.07) is 5.42. The van der Waals surface area contributed by atoms with Gasteiger partial charge in [-0.1, -0.05) is 0 Å². The average Bonchev–Trinajstić information content (AvgIpc) is 2.47. The number of rotatable bonds is 4. The van der Waals surface area contributed by atoms with Crippen molar-refractivity contribution in [1.29, 1.82) is 0 Å². The SMILES string of the molecule is COc1ccc(O)c(C(C)N2CCOC(CN)C2)c1. The van der Waals surface area contributed by atoms with E-state index in [-0.39, 0.29) is 12.1 Å². The smallest absolute Gasteiger partial charge is 0.120 e. The van der Waals surface area contributed by atoms with Crippen LogP contribution in [0.4, 0.5) is 0 Å². The summed E-state index contributed by atoms with van der Waals surface area (Å²) in [7, 11) is 1.63.